The summed E-state index contributed by atoms with van der Waals surface area (Å²) >= 11 is 5.02. The molecule has 0 bridgehead atoms. The number of hydrogen-bond donors (Lipinski definition) is 0. The van der Waals surface area contributed by atoms with Gasteiger partial charge in [-0.25, -0.2) is 4.79 Å². The molecule has 70 valence electrons. The number of rotatable bonds is 1. The molecule has 0 unspecified atom stereocenters. The normalized spacial score (nSPS) is 10.1. The Balaban J connectivity index is 2.71. The average Bonchev–Trinajstić information content (AvgIpc) is 2.27. The third kappa shape index (κ3) is 1.42. The molecule has 0 amide bonds. The second kappa shape index (κ2) is 3.64. The quantitative estimate of drug-likeness (QED) is 0.722. The van der Waals surface area contributed by atoms with Crippen LogP contribution < -0.4 is 0 Å². The number of carbonyl (C=O) groups is 1. The van der Waals surface area contributed by atoms with Gasteiger partial charge in [-0.3, -0.25) is 4.98 Å². The molecule has 14 heavy (non-hydrogen) atoms. The molecule has 0 aliphatic carbocycles. The third-order valence-electron chi connectivity index (χ3n) is 1.94. The van der Waals surface area contributed by atoms with Gasteiger partial charge in [0.25, 0.3) is 0 Å². The fourth-order valence-corrected chi connectivity index (χ4v) is 1.40. The van der Waals surface area contributed by atoms with E-state index in [1.165, 1.54) is 0 Å². The maximum Gasteiger partial charge on any atom is 0.357 e. The number of pyridine rings is 1. The van der Waals surface area contributed by atoms with Crippen molar-refractivity contribution >= 4 is 28.7 Å². The molecule has 0 atom stereocenters. The molecular weight excluding hydrogens is 202 g/mol. The summed E-state index contributed by atoms with van der Waals surface area (Å²) in [7, 11) is 0. The number of hydrogen-bond acceptors (Lipinski definition) is 3. The van der Waals surface area contributed by atoms with E-state index in [9.17, 15) is 4.79 Å². The van der Waals surface area contributed by atoms with Gasteiger partial charge in [-0.1, -0.05) is 18.2 Å². The summed E-state index contributed by atoms with van der Waals surface area (Å²) in [5, 5.41) is 0.737. The van der Waals surface area contributed by atoms with Gasteiger partial charge in [-0.2, -0.15) is 0 Å². The maximum atomic E-state index is 11.2. The van der Waals surface area contributed by atoms with Crippen LogP contribution in [0, 0.1) is 0 Å². The van der Waals surface area contributed by atoms with E-state index in [1.54, 1.807) is 18.3 Å². The van der Waals surface area contributed by atoms with Gasteiger partial charge in [0.15, 0.2) is 0 Å². The van der Waals surface area contributed by atoms with Gasteiger partial charge in [0.1, 0.15) is 11.9 Å². The molecule has 0 saturated heterocycles. The van der Waals surface area contributed by atoms with Crippen molar-refractivity contribution in [2.75, 3.05) is 0 Å². The van der Waals surface area contributed by atoms with Crippen LogP contribution in [0.4, 0.5) is 0 Å². The molecular formula is C10H6ClNO2. The van der Waals surface area contributed by atoms with Crippen LogP contribution in [-0.4, -0.2) is 11.0 Å². The van der Waals surface area contributed by atoms with Crippen molar-refractivity contribution < 1.29 is 9.08 Å². The van der Waals surface area contributed by atoms with E-state index in [-0.39, 0.29) is 0 Å². The van der Waals surface area contributed by atoms with Crippen LogP contribution in [0.25, 0.3) is 10.9 Å². The molecule has 0 spiro atoms. The van der Waals surface area contributed by atoms with Crippen molar-refractivity contribution in [3.63, 3.8) is 0 Å². The molecule has 2 aromatic rings. The fourth-order valence-electron chi connectivity index (χ4n) is 1.32. The minimum Gasteiger partial charge on any atom is -0.343 e. The van der Waals surface area contributed by atoms with Crippen LogP contribution in [0.15, 0.2) is 36.5 Å². The highest BCUT2D eigenvalue weighted by atomic mass is 35.5. The zero-order valence-corrected chi connectivity index (χ0v) is 7.86. The van der Waals surface area contributed by atoms with E-state index in [1.807, 2.05) is 18.2 Å². The summed E-state index contributed by atoms with van der Waals surface area (Å²) < 4.78 is 4.15. The monoisotopic (exact) mass is 207 g/mol. The smallest absolute Gasteiger partial charge is 0.343 e. The Bertz CT molecular complexity index is 479. The van der Waals surface area contributed by atoms with Crippen LogP contribution in [0.3, 0.4) is 0 Å². The molecule has 3 nitrogen and oxygen atoms in total. The van der Waals surface area contributed by atoms with Gasteiger partial charge in [0.2, 0.25) is 0 Å². The van der Waals surface area contributed by atoms with Gasteiger partial charge < -0.3 is 4.29 Å². The summed E-state index contributed by atoms with van der Waals surface area (Å²) in [5.41, 5.74) is 1.16. The molecule has 0 radical (unpaired) electrons. The first-order chi connectivity index (χ1) is 6.83. The number of halogens is 1. The minimum atomic E-state index is -0.565. The Morgan fingerprint density at radius 1 is 1.29 bits per heavy atom. The lowest BCUT2D eigenvalue weighted by molar-refractivity contribution is 0.0753. The largest absolute Gasteiger partial charge is 0.357 e. The Labute approximate surface area is 85.4 Å². The molecule has 1 heterocycles. The van der Waals surface area contributed by atoms with Crippen LogP contribution in [0.1, 0.15) is 10.4 Å². The SMILES string of the molecule is O=C(OCl)c1ccnc2ccccc12. The van der Waals surface area contributed by atoms with Gasteiger partial charge in [-0.15, -0.1) is 0 Å². The van der Waals surface area contributed by atoms with E-state index in [2.05, 4.69) is 9.27 Å². The Hall–Kier alpha value is -1.61. The van der Waals surface area contributed by atoms with E-state index in [0.29, 0.717) is 5.56 Å². The summed E-state index contributed by atoms with van der Waals surface area (Å²) in [6, 6.07) is 8.87. The lowest BCUT2D eigenvalue weighted by Crippen LogP contribution is -1.99. The van der Waals surface area contributed by atoms with Gasteiger partial charge in [0, 0.05) is 11.6 Å². The van der Waals surface area contributed by atoms with Gasteiger partial charge in [0.05, 0.1) is 11.1 Å². The maximum absolute atomic E-state index is 11.2. The topological polar surface area (TPSA) is 39.2 Å². The number of para-hydroxylation sites is 1. The summed E-state index contributed by atoms with van der Waals surface area (Å²) in [5.74, 6) is -0.565. The highest BCUT2D eigenvalue weighted by Crippen LogP contribution is 2.17. The molecule has 0 saturated carbocycles. The molecule has 0 N–H and O–H groups in total. The van der Waals surface area contributed by atoms with E-state index >= 15 is 0 Å². The van der Waals surface area contributed by atoms with E-state index < -0.39 is 5.97 Å². The van der Waals surface area contributed by atoms with Crippen LogP contribution in [0.2, 0.25) is 0 Å². The zero-order chi connectivity index (χ0) is 9.97. The predicted octanol–water partition coefficient (Wildman–Crippen LogP) is 2.55. The van der Waals surface area contributed by atoms with Gasteiger partial charge >= 0.3 is 5.97 Å². The molecule has 0 aliphatic rings. The highest BCUT2D eigenvalue weighted by molar-refractivity contribution is 6.18. The number of fused-ring (bicyclic) bond motifs is 1. The van der Waals surface area contributed by atoms with Crippen molar-refractivity contribution in [2.45, 2.75) is 0 Å². The third-order valence-corrected chi connectivity index (χ3v) is 2.08. The molecule has 4 heteroatoms. The van der Waals surface area contributed by atoms with Crippen molar-refractivity contribution in [1.29, 1.82) is 0 Å². The highest BCUT2D eigenvalue weighted by Gasteiger charge is 2.10. The first kappa shape index (κ1) is 8.97. The lowest BCUT2D eigenvalue weighted by Gasteiger charge is -2.01. The van der Waals surface area contributed by atoms with E-state index in [0.717, 1.165) is 10.9 Å². The Kier molecular flexibility index (Phi) is 2.33. The van der Waals surface area contributed by atoms with Crippen LogP contribution in [0.5, 0.6) is 0 Å². The first-order valence-electron chi connectivity index (χ1n) is 3.99. The standard InChI is InChI=1S/C10H6ClNO2/c11-14-10(13)8-5-6-12-9-4-2-1-3-7(8)9/h1-6H. The predicted molar refractivity (Wildman–Crippen MR) is 53.0 cm³/mol. The number of nitrogens with zero attached hydrogens (tertiary/aromatic N) is 1. The van der Waals surface area contributed by atoms with Crippen LogP contribution >= 0.6 is 11.9 Å². The molecule has 1 aromatic heterocycles. The summed E-state index contributed by atoms with van der Waals surface area (Å²) in [4.78, 5) is 15.4. The Morgan fingerprint density at radius 2 is 2.07 bits per heavy atom. The Morgan fingerprint density at radius 3 is 2.86 bits per heavy atom. The fraction of sp³-hybridized carbons (Fsp3) is 0. The zero-order valence-electron chi connectivity index (χ0n) is 7.11. The van der Waals surface area contributed by atoms with Crippen molar-refractivity contribution in [3.8, 4) is 0 Å². The molecule has 0 fully saturated rings. The van der Waals surface area contributed by atoms with Crippen LogP contribution in [-0.2, 0) is 4.29 Å². The second-order valence-corrected chi connectivity index (χ2v) is 2.89. The second-order valence-electron chi connectivity index (χ2n) is 2.74. The first-order valence-corrected chi connectivity index (χ1v) is 4.30. The average molecular weight is 208 g/mol. The number of carbonyl (C=O) groups excluding carboxylic acids is 1. The number of benzene rings is 1. The van der Waals surface area contributed by atoms with E-state index in [4.69, 9.17) is 11.9 Å². The molecule has 2 rings (SSSR count). The van der Waals surface area contributed by atoms with Crippen molar-refractivity contribution in [2.24, 2.45) is 0 Å². The summed E-state index contributed by atoms with van der Waals surface area (Å²) in [6.07, 6.45) is 1.55. The van der Waals surface area contributed by atoms with Gasteiger partial charge in [-0.05, 0) is 12.1 Å². The minimum absolute atomic E-state index is 0.422. The lowest BCUT2D eigenvalue weighted by atomic mass is 10.1. The van der Waals surface area contributed by atoms with Crippen molar-refractivity contribution in [3.05, 3.63) is 42.1 Å². The number of aromatic nitrogens is 1. The van der Waals surface area contributed by atoms with Crippen molar-refractivity contribution in [1.82, 2.24) is 4.98 Å². The summed E-state index contributed by atoms with van der Waals surface area (Å²) in [6.45, 7) is 0. The molecule has 0 aliphatic heterocycles. The molecule has 1 aromatic carbocycles.